The zero-order valence-corrected chi connectivity index (χ0v) is 15.1. The van der Waals surface area contributed by atoms with E-state index in [0.717, 1.165) is 12.0 Å². The summed E-state index contributed by atoms with van der Waals surface area (Å²) in [5.74, 6) is 0. The molecule has 0 aromatic heterocycles. The van der Waals surface area contributed by atoms with Gasteiger partial charge in [-0.1, -0.05) is 49.3 Å². The molecule has 1 aliphatic rings. The molecular formula is C18H26N4O2. The molecule has 0 saturated carbocycles. The average Bonchev–Trinajstić information content (AvgIpc) is 2.86. The fourth-order valence-corrected chi connectivity index (χ4v) is 3.12. The predicted octanol–water partition coefficient (Wildman–Crippen LogP) is 5.07. The molecule has 0 aliphatic carbocycles. The van der Waals surface area contributed by atoms with Crippen LogP contribution in [-0.4, -0.2) is 29.2 Å². The van der Waals surface area contributed by atoms with E-state index >= 15 is 0 Å². The number of nitrogens with zero attached hydrogens (tertiary/aromatic N) is 4. The van der Waals surface area contributed by atoms with Gasteiger partial charge in [0.2, 0.25) is 0 Å². The molecule has 1 fully saturated rings. The third-order valence-corrected chi connectivity index (χ3v) is 4.61. The lowest BCUT2D eigenvalue weighted by molar-refractivity contribution is 0.0208. The van der Waals surface area contributed by atoms with Gasteiger partial charge in [0.15, 0.2) is 0 Å². The molecule has 1 aromatic rings. The minimum Gasteiger partial charge on any atom is -0.444 e. The summed E-state index contributed by atoms with van der Waals surface area (Å²) in [5, 5.41) is 3.88. The Bertz CT molecular complexity index is 634. The number of amides is 1. The molecule has 1 amide bonds. The van der Waals surface area contributed by atoms with Gasteiger partial charge in [-0.25, -0.2) is 4.79 Å². The molecule has 1 saturated heterocycles. The molecule has 1 aromatic carbocycles. The van der Waals surface area contributed by atoms with Gasteiger partial charge in [0.1, 0.15) is 5.60 Å². The van der Waals surface area contributed by atoms with Crippen LogP contribution in [0.2, 0.25) is 0 Å². The van der Waals surface area contributed by atoms with Crippen molar-refractivity contribution < 1.29 is 9.53 Å². The molecule has 0 unspecified atom stereocenters. The van der Waals surface area contributed by atoms with E-state index in [2.05, 4.69) is 16.9 Å². The normalized spacial score (nSPS) is 25.0. The van der Waals surface area contributed by atoms with Crippen LogP contribution >= 0.6 is 0 Å². The van der Waals surface area contributed by atoms with E-state index in [0.29, 0.717) is 6.54 Å². The van der Waals surface area contributed by atoms with Gasteiger partial charge >= 0.3 is 6.09 Å². The van der Waals surface area contributed by atoms with Crippen LogP contribution in [0.25, 0.3) is 10.4 Å². The second-order valence-corrected chi connectivity index (χ2v) is 7.77. The molecule has 6 heteroatoms. The molecule has 0 bridgehead atoms. The summed E-state index contributed by atoms with van der Waals surface area (Å²) in [5.41, 5.74) is 9.01. The molecule has 1 heterocycles. The first-order valence-electron chi connectivity index (χ1n) is 8.25. The molecule has 1 aliphatic heterocycles. The first-order chi connectivity index (χ1) is 11.2. The largest absolute Gasteiger partial charge is 0.444 e. The summed E-state index contributed by atoms with van der Waals surface area (Å²) in [6, 6.07) is 9.64. The summed E-state index contributed by atoms with van der Waals surface area (Å²) >= 11 is 0. The number of hydrogen-bond donors (Lipinski definition) is 0. The van der Waals surface area contributed by atoms with Crippen LogP contribution in [0.3, 0.4) is 0 Å². The van der Waals surface area contributed by atoms with E-state index in [1.54, 1.807) is 4.90 Å². The van der Waals surface area contributed by atoms with Crippen LogP contribution in [0, 0.1) is 5.41 Å². The number of carbonyl (C=O) groups excluding carboxylic acids is 1. The zero-order chi connectivity index (χ0) is 18.0. The predicted molar refractivity (Wildman–Crippen MR) is 93.5 cm³/mol. The Morgan fingerprint density at radius 2 is 2.04 bits per heavy atom. The number of azide groups is 1. The van der Waals surface area contributed by atoms with Crippen molar-refractivity contribution >= 4 is 6.09 Å². The highest BCUT2D eigenvalue weighted by atomic mass is 16.6. The summed E-state index contributed by atoms with van der Waals surface area (Å²) in [7, 11) is 0. The van der Waals surface area contributed by atoms with Crippen molar-refractivity contribution in [3.63, 3.8) is 0 Å². The topological polar surface area (TPSA) is 78.3 Å². The van der Waals surface area contributed by atoms with E-state index in [9.17, 15) is 4.79 Å². The summed E-state index contributed by atoms with van der Waals surface area (Å²) in [6.45, 7) is 10.1. The smallest absolute Gasteiger partial charge is 0.410 e. The SMILES string of the molecule is C[C@@H](N=[N+]=[N-])[C@@]1(C)C[C@@H](c2ccccc2)N(C(=O)OC(C)(C)C)C1. The van der Waals surface area contributed by atoms with Crippen molar-refractivity contribution in [2.75, 3.05) is 6.54 Å². The molecule has 0 spiro atoms. The highest BCUT2D eigenvalue weighted by Gasteiger charge is 2.47. The lowest BCUT2D eigenvalue weighted by Gasteiger charge is -2.30. The van der Waals surface area contributed by atoms with Gasteiger partial charge in [0.05, 0.1) is 6.04 Å². The molecule has 0 radical (unpaired) electrons. The maximum absolute atomic E-state index is 12.7. The van der Waals surface area contributed by atoms with Crippen LogP contribution in [0.1, 0.15) is 52.6 Å². The number of carbonyl (C=O) groups is 1. The van der Waals surface area contributed by atoms with Gasteiger partial charge in [-0.15, -0.1) is 0 Å². The van der Waals surface area contributed by atoms with Crippen LogP contribution in [0.15, 0.2) is 35.4 Å². The maximum Gasteiger partial charge on any atom is 0.410 e. The molecule has 2 rings (SSSR count). The third-order valence-electron chi connectivity index (χ3n) is 4.61. The number of rotatable bonds is 3. The second-order valence-electron chi connectivity index (χ2n) is 7.77. The Hall–Kier alpha value is -2.20. The molecule has 24 heavy (non-hydrogen) atoms. The van der Waals surface area contributed by atoms with Crippen molar-refractivity contribution in [2.45, 2.75) is 58.7 Å². The average molecular weight is 330 g/mol. The van der Waals surface area contributed by atoms with Gasteiger partial charge in [-0.2, -0.15) is 0 Å². The first kappa shape index (κ1) is 18.1. The molecule has 0 N–H and O–H groups in total. The summed E-state index contributed by atoms with van der Waals surface area (Å²) in [6.07, 6.45) is 0.407. The van der Waals surface area contributed by atoms with Crippen LogP contribution in [-0.2, 0) is 4.74 Å². The Balaban J connectivity index is 2.34. The van der Waals surface area contributed by atoms with Gasteiger partial charge in [0, 0.05) is 17.5 Å². The van der Waals surface area contributed by atoms with Gasteiger partial charge in [0.25, 0.3) is 0 Å². The van der Waals surface area contributed by atoms with E-state index in [1.165, 1.54) is 0 Å². The summed E-state index contributed by atoms with van der Waals surface area (Å²) < 4.78 is 5.59. The molecule has 130 valence electrons. The van der Waals surface area contributed by atoms with E-state index in [4.69, 9.17) is 10.3 Å². The van der Waals surface area contributed by atoms with Crippen LogP contribution in [0.5, 0.6) is 0 Å². The van der Waals surface area contributed by atoms with Crippen molar-refractivity contribution in [1.29, 1.82) is 0 Å². The second kappa shape index (κ2) is 6.73. The third kappa shape index (κ3) is 4.01. The minimum absolute atomic E-state index is 0.0811. The fourth-order valence-electron chi connectivity index (χ4n) is 3.12. The van der Waals surface area contributed by atoms with Crippen molar-refractivity contribution in [2.24, 2.45) is 10.5 Å². The quantitative estimate of drug-likeness (QED) is 0.440. The Morgan fingerprint density at radius 1 is 1.42 bits per heavy atom. The zero-order valence-electron chi connectivity index (χ0n) is 15.1. The lowest BCUT2D eigenvalue weighted by Crippen LogP contribution is -2.39. The van der Waals surface area contributed by atoms with Crippen LogP contribution < -0.4 is 0 Å². The Kier molecular flexibility index (Phi) is 5.09. The fraction of sp³-hybridized carbons (Fsp3) is 0.611. The van der Waals surface area contributed by atoms with Gasteiger partial charge in [-0.3, -0.25) is 0 Å². The van der Waals surface area contributed by atoms with Crippen molar-refractivity contribution in [3.05, 3.63) is 46.3 Å². The highest BCUT2D eigenvalue weighted by molar-refractivity contribution is 5.69. The van der Waals surface area contributed by atoms with E-state index < -0.39 is 5.60 Å². The Labute approximate surface area is 143 Å². The van der Waals surface area contributed by atoms with Gasteiger partial charge in [-0.05, 0) is 43.7 Å². The minimum atomic E-state index is -0.548. The number of benzene rings is 1. The van der Waals surface area contributed by atoms with E-state index in [1.807, 2.05) is 58.0 Å². The molecule has 6 nitrogen and oxygen atoms in total. The van der Waals surface area contributed by atoms with Crippen molar-refractivity contribution in [1.82, 2.24) is 4.90 Å². The first-order valence-corrected chi connectivity index (χ1v) is 8.25. The van der Waals surface area contributed by atoms with Crippen LogP contribution in [0.4, 0.5) is 4.79 Å². The maximum atomic E-state index is 12.7. The Morgan fingerprint density at radius 3 is 2.58 bits per heavy atom. The number of hydrogen-bond acceptors (Lipinski definition) is 3. The lowest BCUT2D eigenvalue weighted by atomic mass is 9.80. The number of likely N-dealkylation sites (tertiary alicyclic amines) is 1. The molecular weight excluding hydrogens is 304 g/mol. The molecule has 3 atom stereocenters. The number of ether oxygens (including phenoxy) is 1. The standard InChI is InChI=1S/C18H26N4O2/c1-13(20-21-19)18(5)11-15(14-9-7-6-8-10-14)22(12-18)16(23)24-17(2,3)4/h6-10,13,15H,11-12H2,1-5H3/t13-,15+,18+/m1/s1. The van der Waals surface area contributed by atoms with Gasteiger partial charge < -0.3 is 9.64 Å². The van der Waals surface area contributed by atoms with Crippen molar-refractivity contribution in [3.8, 4) is 0 Å². The highest BCUT2D eigenvalue weighted by Crippen LogP contribution is 2.46. The van der Waals surface area contributed by atoms with E-state index in [-0.39, 0.29) is 23.6 Å². The summed E-state index contributed by atoms with van der Waals surface area (Å²) in [4.78, 5) is 17.4. The monoisotopic (exact) mass is 330 g/mol.